The summed E-state index contributed by atoms with van der Waals surface area (Å²) in [5, 5.41) is 6.00. The van der Waals surface area contributed by atoms with Crippen LogP contribution in [0.5, 0.6) is 0 Å². The second kappa shape index (κ2) is 12.3. The molecule has 0 aliphatic rings. The van der Waals surface area contributed by atoms with E-state index in [0.29, 0.717) is 13.1 Å². The number of H-pyrrole nitrogens is 2. The summed E-state index contributed by atoms with van der Waals surface area (Å²) in [5.41, 5.74) is 5.20. The molecular formula is C34H44N6O2. The van der Waals surface area contributed by atoms with Crippen LogP contribution in [0.25, 0.3) is 33.6 Å². The molecule has 0 unspecified atom stereocenters. The molecule has 4 aromatic rings. The summed E-state index contributed by atoms with van der Waals surface area (Å²) in [6.45, 7) is 16.8. The van der Waals surface area contributed by atoms with E-state index < -0.39 is 10.8 Å². The van der Waals surface area contributed by atoms with Crippen LogP contribution < -0.4 is 10.6 Å². The van der Waals surface area contributed by atoms with Crippen LogP contribution in [0, 0.1) is 22.7 Å². The molecule has 0 fully saturated rings. The van der Waals surface area contributed by atoms with Gasteiger partial charge in [0.2, 0.25) is 11.8 Å². The van der Waals surface area contributed by atoms with Crippen molar-refractivity contribution in [3.05, 3.63) is 72.6 Å². The van der Waals surface area contributed by atoms with Gasteiger partial charge in [-0.25, -0.2) is 9.97 Å². The van der Waals surface area contributed by atoms with Gasteiger partial charge in [-0.15, -0.1) is 0 Å². The highest BCUT2D eigenvalue weighted by Crippen LogP contribution is 2.29. The first-order valence-corrected chi connectivity index (χ1v) is 14.6. The Bertz CT molecular complexity index is 1390. The van der Waals surface area contributed by atoms with Crippen LogP contribution in [0.4, 0.5) is 0 Å². The first kappa shape index (κ1) is 30.8. The summed E-state index contributed by atoms with van der Waals surface area (Å²) in [4.78, 5) is 40.7. The zero-order valence-electron chi connectivity index (χ0n) is 26.1. The Kier molecular flexibility index (Phi) is 9.04. The average molecular weight is 569 g/mol. The first-order valence-electron chi connectivity index (χ1n) is 14.6. The van der Waals surface area contributed by atoms with Crippen LogP contribution in [0.2, 0.25) is 0 Å². The average Bonchev–Trinajstić information content (AvgIpc) is 3.65. The molecule has 4 N–H and O–H groups in total. The van der Waals surface area contributed by atoms with Crippen molar-refractivity contribution < 1.29 is 9.59 Å². The topological polar surface area (TPSA) is 116 Å². The van der Waals surface area contributed by atoms with E-state index in [4.69, 9.17) is 0 Å². The quantitative estimate of drug-likeness (QED) is 0.161. The Morgan fingerprint density at radius 1 is 0.619 bits per heavy atom. The van der Waals surface area contributed by atoms with E-state index in [1.807, 2.05) is 27.7 Å². The molecule has 2 aromatic heterocycles. The Balaban J connectivity index is 1.35. The zero-order chi connectivity index (χ0) is 30.7. The molecule has 0 spiro atoms. The smallest absolute Gasteiger partial charge is 0.226 e. The van der Waals surface area contributed by atoms with E-state index in [0.717, 1.165) is 45.3 Å². The molecule has 0 aliphatic carbocycles. The third-order valence-electron chi connectivity index (χ3n) is 8.87. The summed E-state index contributed by atoms with van der Waals surface area (Å²) in [6.07, 6.45) is 3.60. The van der Waals surface area contributed by atoms with Crippen molar-refractivity contribution in [3.8, 4) is 33.6 Å². The molecule has 0 radical (unpaired) electrons. The van der Waals surface area contributed by atoms with Crippen LogP contribution >= 0.6 is 0 Å². The third-order valence-corrected chi connectivity index (χ3v) is 8.87. The normalized spacial score (nSPS) is 12.1. The minimum atomic E-state index is -0.436. The third kappa shape index (κ3) is 6.81. The predicted molar refractivity (Wildman–Crippen MR) is 168 cm³/mol. The summed E-state index contributed by atoms with van der Waals surface area (Å²) >= 11 is 0. The van der Waals surface area contributed by atoms with E-state index in [1.165, 1.54) is 0 Å². The minimum absolute atomic E-state index is 0.0218. The highest BCUT2D eigenvalue weighted by atomic mass is 16.2. The van der Waals surface area contributed by atoms with Crippen LogP contribution in [-0.4, -0.2) is 31.8 Å². The van der Waals surface area contributed by atoms with Crippen molar-refractivity contribution >= 4 is 11.8 Å². The number of amides is 2. The SMILES string of the molecule is CC(C)C(C)(C)C(=O)NCc1ncc(-c2ccc(-c3ccc(-c4cnc(CNC(=O)C(C)(C)C(C)C)[nH]4)cc3)cc2)[nH]1. The molecule has 222 valence electrons. The molecule has 0 bridgehead atoms. The Labute approximate surface area is 249 Å². The van der Waals surface area contributed by atoms with Gasteiger partial charge >= 0.3 is 0 Å². The first-order chi connectivity index (χ1) is 19.8. The summed E-state index contributed by atoms with van der Waals surface area (Å²) < 4.78 is 0. The fraction of sp³-hybridized carbons (Fsp3) is 0.412. The monoisotopic (exact) mass is 568 g/mol. The van der Waals surface area contributed by atoms with E-state index in [9.17, 15) is 9.59 Å². The molecule has 2 aromatic carbocycles. The lowest BCUT2D eigenvalue weighted by molar-refractivity contribution is -0.132. The van der Waals surface area contributed by atoms with Gasteiger partial charge < -0.3 is 20.6 Å². The van der Waals surface area contributed by atoms with Gasteiger partial charge in [0.15, 0.2) is 0 Å². The standard InChI is InChI=1S/C34H44N6O2/c1-21(2)33(5,6)31(41)37-19-29-35-17-27(39-29)25-13-9-23(10-14-25)24-11-15-26(16-12-24)28-18-36-30(40-28)20-38-32(42)34(7,8)22(3)4/h9-18,21-22H,19-20H2,1-8H3,(H,35,39)(H,36,40)(H,37,41)(H,38,42). The molecule has 0 saturated heterocycles. The molecule has 0 atom stereocenters. The number of aromatic nitrogens is 4. The second-order valence-electron chi connectivity index (χ2n) is 12.8. The molecule has 2 amide bonds. The van der Waals surface area contributed by atoms with Crippen LogP contribution in [0.3, 0.4) is 0 Å². The molecule has 0 saturated carbocycles. The highest BCUT2D eigenvalue weighted by Gasteiger charge is 2.31. The number of carbonyl (C=O) groups is 2. The van der Waals surface area contributed by atoms with Gasteiger partial charge in [-0.2, -0.15) is 0 Å². The van der Waals surface area contributed by atoms with Crippen LogP contribution in [0.1, 0.15) is 67.0 Å². The fourth-order valence-corrected chi connectivity index (χ4v) is 4.19. The van der Waals surface area contributed by atoms with Gasteiger partial charge in [0.25, 0.3) is 0 Å². The number of benzene rings is 2. The maximum Gasteiger partial charge on any atom is 0.226 e. The molecule has 2 heterocycles. The molecular weight excluding hydrogens is 524 g/mol. The van der Waals surface area contributed by atoms with Crippen molar-refractivity contribution in [2.24, 2.45) is 22.7 Å². The Morgan fingerprint density at radius 2 is 0.929 bits per heavy atom. The van der Waals surface area contributed by atoms with Gasteiger partial charge in [-0.1, -0.05) is 104 Å². The van der Waals surface area contributed by atoms with Gasteiger partial charge in [0.1, 0.15) is 11.6 Å². The predicted octanol–water partition coefficient (Wildman–Crippen LogP) is 6.73. The van der Waals surface area contributed by atoms with E-state index in [2.05, 4.69) is 107 Å². The van der Waals surface area contributed by atoms with Crippen molar-refractivity contribution in [2.75, 3.05) is 0 Å². The van der Waals surface area contributed by atoms with E-state index in [-0.39, 0.29) is 23.7 Å². The molecule has 8 heteroatoms. The number of nitrogens with one attached hydrogen (secondary N) is 4. The largest absolute Gasteiger partial charge is 0.348 e. The fourth-order valence-electron chi connectivity index (χ4n) is 4.19. The number of hydrogen-bond donors (Lipinski definition) is 4. The second-order valence-corrected chi connectivity index (χ2v) is 12.8. The van der Waals surface area contributed by atoms with Crippen molar-refractivity contribution in [3.63, 3.8) is 0 Å². The highest BCUT2D eigenvalue weighted by molar-refractivity contribution is 5.82. The van der Waals surface area contributed by atoms with Gasteiger partial charge in [0.05, 0.1) is 36.9 Å². The van der Waals surface area contributed by atoms with Crippen molar-refractivity contribution in [1.82, 2.24) is 30.6 Å². The maximum absolute atomic E-state index is 12.6. The van der Waals surface area contributed by atoms with Crippen LogP contribution in [0.15, 0.2) is 60.9 Å². The number of rotatable bonds is 11. The molecule has 42 heavy (non-hydrogen) atoms. The lowest BCUT2D eigenvalue weighted by atomic mass is 9.80. The van der Waals surface area contributed by atoms with Gasteiger partial charge in [0, 0.05) is 10.8 Å². The molecule has 4 rings (SSSR count). The molecule has 8 nitrogen and oxygen atoms in total. The number of imidazole rings is 2. The number of carbonyl (C=O) groups excluding carboxylic acids is 2. The number of aromatic amines is 2. The van der Waals surface area contributed by atoms with E-state index in [1.54, 1.807) is 12.4 Å². The number of hydrogen-bond acceptors (Lipinski definition) is 4. The number of nitrogens with zero attached hydrogens (tertiary/aromatic N) is 2. The van der Waals surface area contributed by atoms with Gasteiger partial charge in [-0.05, 0) is 34.1 Å². The maximum atomic E-state index is 12.6. The van der Waals surface area contributed by atoms with E-state index >= 15 is 0 Å². The van der Waals surface area contributed by atoms with Gasteiger partial charge in [-0.3, -0.25) is 9.59 Å². The molecule has 0 aliphatic heterocycles. The summed E-state index contributed by atoms with van der Waals surface area (Å²) in [5.74, 6) is 1.97. The van der Waals surface area contributed by atoms with Crippen molar-refractivity contribution in [2.45, 2.75) is 68.5 Å². The lowest BCUT2D eigenvalue weighted by Gasteiger charge is -2.27. The summed E-state index contributed by atoms with van der Waals surface area (Å²) in [7, 11) is 0. The Morgan fingerprint density at radius 3 is 1.24 bits per heavy atom. The zero-order valence-corrected chi connectivity index (χ0v) is 26.1. The Hall–Kier alpha value is -4.20. The van der Waals surface area contributed by atoms with Crippen molar-refractivity contribution in [1.29, 1.82) is 0 Å². The van der Waals surface area contributed by atoms with Crippen LogP contribution in [-0.2, 0) is 22.7 Å². The summed E-state index contributed by atoms with van der Waals surface area (Å²) in [6, 6.07) is 16.6. The minimum Gasteiger partial charge on any atom is -0.348 e. The lowest BCUT2D eigenvalue weighted by Crippen LogP contribution is -2.40.